The van der Waals surface area contributed by atoms with Crippen LogP contribution in [0.15, 0.2) is 42.5 Å². The molecule has 0 aromatic heterocycles. The van der Waals surface area contributed by atoms with Gasteiger partial charge in [-0.1, -0.05) is 0 Å². The molecule has 0 saturated carbocycles. The molecular weight excluding hydrogens is 225 g/mol. The van der Waals surface area contributed by atoms with Crippen LogP contribution in [0.4, 0.5) is 0 Å². The summed E-state index contributed by atoms with van der Waals surface area (Å²) in [5.74, 6) is 0. The summed E-state index contributed by atoms with van der Waals surface area (Å²) in [5.41, 5.74) is 0. The molecule has 0 N–H and O–H groups in total. The summed E-state index contributed by atoms with van der Waals surface area (Å²) in [6, 6.07) is 14.3. The second kappa shape index (κ2) is 3.62. The molecular formula is C11H7NSe. The van der Waals surface area contributed by atoms with E-state index in [1.165, 1.54) is 15.2 Å². The molecule has 0 heterocycles. The minimum atomic E-state index is -0.0547. The molecule has 0 aliphatic rings. The van der Waals surface area contributed by atoms with E-state index >= 15 is 0 Å². The van der Waals surface area contributed by atoms with Gasteiger partial charge in [0.15, 0.2) is 0 Å². The van der Waals surface area contributed by atoms with Crippen LogP contribution < -0.4 is 4.46 Å². The second-order valence-electron chi connectivity index (χ2n) is 2.67. The average molecular weight is 232 g/mol. The summed E-state index contributed by atoms with van der Waals surface area (Å²) in [6.45, 7) is 0. The van der Waals surface area contributed by atoms with Crippen molar-refractivity contribution in [1.29, 1.82) is 5.26 Å². The van der Waals surface area contributed by atoms with E-state index in [9.17, 15) is 0 Å². The minimum absolute atomic E-state index is 0.0547. The van der Waals surface area contributed by atoms with Crippen LogP contribution in [0.5, 0.6) is 0 Å². The van der Waals surface area contributed by atoms with E-state index in [-0.39, 0.29) is 15.0 Å². The van der Waals surface area contributed by atoms with Gasteiger partial charge in [-0.3, -0.25) is 0 Å². The van der Waals surface area contributed by atoms with E-state index < -0.39 is 0 Å². The zero-order valence-electron chi connectivity index (χ0n) is 6.90. The molecule has 0 spiro atoms. The quantitative estimate of drug-likeness (QED) is 0.686. The maximum atomic E-state index is 8.66. The molecule has 62 valence electrons. The van der Waals surface area contributed by atoms with Crippen molar-refractivity contribution in [3.8, 4) is 4.97 Å². The first-order valence-corrected chi connectivity index (χ1v) is 5.67. The van der Waals surface area contributed by atoms with E-state index in [1.807, 2.05) is 24.3 Å². The van der Waals surface area contributed by atoms with Gasteiger partial charge in [0.25, 0.3) is 0 Å². The zero-order chi connectivity index (χ0) is 9.10. The number of nitrogens with zero attached hydrogens (tertiary/aromatic N) is 1. The Kier molecular flexibility index (Phi) is 2.31. The normalized spacial score (nSPS) is 9.77. The topological polar surface area (TPSA) is 23.8 Å². The molecule has 2 aromatic carbocycles. The van der Waals surface area contributed by atoms with E-state index in [4.69, 9.17) is 5.26 Å². The Morgan fingerprint density at radius 2 is 1.77 bits per heavy atom. The SMILES string of the molecule is N#C[Se]c1cccc2ccccc12. The molecule has 0 atom stereocenters. The van der Waals surface area contributed by atoms with Crippen LogP contribution in [0, 0.1) is 10.2 Å². The number of hydrogen-bond donors (Lipinski definition) is 0. The van der Waals surface area contributed by atoms with Crippen LogP contribution in [-0.2, 0) is 0 Å². The van der Waals surface area contributed by atoms with Crippen molar-refractivity contribution >= 4 is 30.2 Å². The van der Waals surface area contributed by atoms with Crippen molar-refractivity contribution in [1.82, 2.24) is 0 Å². The molecule has 13 heavy (non-hydrogen) atoms. The maximum absolute atomic E-state index is 8.66. The van der Waals surface area contributed by atoms with Crippen molar-refractivity contribution in [3.63, 3.8) is 0 Å². The van der Waals surface area contributed by atoms with E-state index in [0.717, 1.165) is 0 Å². The van der Waals surface area contributed by atoms with Crippen molar-refractivity contribution in [2.45, 2.75) is 0 Å². The van der Waals surface area contributed by atoms with Gasteiger partial charge in [-0.25, -0.2) is 0 Å². The van der Waals surface area contributed by atoms with E-state index in [1.54, 1.807) is 0 Å². The molecule has 1 nitrogen and oxygen atoms in total. The number of hydrogen-bond acceptors (Lipinski definition) is 1. The van der Waals surface area contributed by atoms with Crippen LogP contribution in [0.3, 0.4) is 0 Å². The molecule has 0 saturated heterocycles. The third-order valence-corrected chi connectivity index (χ3v) is 3.31. The summed E-state index contributed by atoms with van der Waals surface area (Å²) in [7, 11) is 0. The number of benzene rings is 2. The third kappa shape index (κ3) is 1.58. The number of nitriles is 1. The first kappa shape index (κ1) is 8.31. The number of rotatable bonds is 1. The first-order valence-electron chi connectivity index (χ1n) is 3.95. The van der Waals surface area contributed by atoms with Gasteiger partial charge in [-0.15, -0.1) is 0 Å². The van der Waals surface area contributed by atoms with Crippen molar-refractivity contribution in [3.05, 3.63) is 42.5 Å². The third-order valence-electron chi connectivity index (χ3n) is 1.91. The van der Waals surface area contributed by atoms with Gasteiger partial charge in [0.2, 0.25) is 0 Å². The van der Waals surface area contributed by atoms with Crippen LogP contribution in [-0.4, -0.2) is 15.0 Å². The Morgan fingerprint density at radius 3 is 2.62 bits per heavy atom. The molecule has 2 heteroatoms. The Balaban J connectivity index is 2.70. The van der Waals surface area contributed by atoms with Crippen molar-refractivity contribution in [2.75, 3.05) is 0 Å². The predicted molar refractivity (Wildman–Crippen MR) is 54.9 cm³/mol. The summed E-state index contributed by atoms with van der Waals surface area (Å²) in [6.07, 6.45) is 0. The molecule has 0 bridgehead atoms. The van der Waals surface area contributed by atoms with Crippen LogP contribution >= 0.6 is 0 Å². The first-order chi connectivity index (χ1) is 6.42. The Bertz CT molecular complexity index is 465. The van der Waals surface area contributed by atoms with Crippen LogP contribution in [0.2, 0.25) is 0 Å². The van der Waals surface area contributed by atoms with Crippen molar-refractivity contribution in [2.24, 2.45) is 0 Å². The van der Waals surface area contributed by atoms with Gasteiger partial charge >= 0.3 is 82.9 Å². The average Bonchev–Trinajstić information content (AvgIpc) is 2.19. The molecule has 0 fully saturated rings. The van der Waals surface area contributed by atoms with Gasteiger partial charge in [-0.2, -0.15) is 0 Å². The molecule has 2 aromatic rings. The Labute approximate surface area is 83.2 Å². The van der Waals surface area contributed by atoms with Gasteiger partial charge < -0.3 is 0 Å². The molecule has 0 aliphatic heterocycles. The van der Waals surface area contributed by atoms with Crippen LogP contribution in [0.1, 0.15) is 0 Å². The number of fused-ring (bicyclic) bond motifs is 1. The molecule has 0 unspecified atom stereocenters. The molecule has 0 radical (unpaired) electrons. The zero-order valence-corrected chi connectivity index (χ0v) is 8.61. The fraction of sp³-hybridized carbons (Fsp3) is 0. The van der Waals surface area contributed by atoms with Gasteiger partial charge in [-0.05, 0) is 0 Å². The Morgan fingerprint density at radius 1 is 1.00 bits per heavy atom. The van der Waals surface area contributed by atoms with E-state index in [0.29, 0.717) is 0 Å². The summed E-state index contributed by atoms with van der Waals surface area (Å²) in [4.78, 5) is 2.24. The van der Waals surface area contributed by atoms with Gasteiger partial charge in [0, 0.05) is 0 Å². The fourth-order valence-electron chi connectivity index (χ4n) is 1.33. The van der Waals surface area contributed by atoms with E-state index in [2.05, 4.69) is 23.2 Å². The standard InChI is InChI=1S/C11H7NSe/c12-8-13-11-7-3-5-9-4-1-2-6-10(9)11/h1-7H. The molecule has 2 rings (SSSR count). The van der Waals surface area contributed by atoms with Gasteiger partial charge in [0.1, 0.15) is 0 Å². The molecule has 0 amide bonds. The summed E-state index contributed by atoms with van der Waals surface area (Å²) < 4.78 is 1.17. The van der Waals surface area contributed by atoms with Gasteiger partial charge in [0.05, 0.1) is 0 Å². The summed E-state index contributed by atoms with van der Waals surface area (Å²) >= 11 is -0.0547. The second-order valence-corrected chi connectivity index (χ2v) is 4.40. The monoisotopic (exact) mass is 233 g/mol. The Hall–Kier alpha value is -1.29. The fourth-order valence-corrected chi connectivity index (χ4v) is 2.47. The predicted octanol–water partition coefficient (Wildman–Crippen LogP) is 1.65. The molecule has 0 aliphatic carbocycles. The van der Waals surface area contributed by atoms with Crippen LogP contribution in [0.25, 0.3) is 10.8 Å². The summed E-state index contributed by atoms with van der Waals surface area (Å²) in [5, 5.41) is 11.1. The van der Waals surface area contributed by atoms with Crippen molar-refractivity contribution < 1.29 is 0 Å².